The van der Waals surface area contributed by atoms with Crippen LogP contribution in [0.25, 0.3) is 0 Å². The maximum atomic E-state index is 8.89. The molecule has 0 aromatic rings. The van der Waals surface area contributed by atoms with Crippen LogP contribution in [0, 0.1) is 0 Å². The molecule has 0 heterocycles. The molecule has 0 aliphatic heterocycles. The molecule has 134 valence electrons. The van der Waals surface area contributed by atoms with Crippen LogP contribution in [0.3, 0.4) is 0 Å². The number of aliphatic carboxylic acids is 3. The Morgan fingerprint density at radius 1 is 0.760 bits per heavy atom. The largest absolute Gasteiger partial charge is 1.00 e. The quantitative estimate of drug-likeness (QED) is 0.320. The smallest absolute Gasteiger partial charge is 0.550 e. The normalized spacial score (nSPS) is 7.08. The molecule has 3 N–H and O–H groups in total. The van der Waals surface area contributed by atoms with Crippen LogP contribution in [-0.4, -0.2) is 37.5 Å². The number of hydrogen-bond acceptors (Lipinski definition) is 8. The molecule has 0 aliphatic carbocycles. The van der Waals surface area contributed by atoms with E-state index in [1.807, 2.05) is 0 Å². The van der Waals surface area contributed by atoms with Crippen molar-refractivity contribution < 1.29 is 118 Å². The first-order valence-corrected chi connectivity index (χ1v) is 7.05. The summed E-state index contributed by atoms with van der Waals surface area (Å²) < 4.78 is 0. The number of nitrogens with one attached hydrogen (secondary N) is 1. The average Bonchev–Trinajstić information content (AvgIpc) is 2.31. The van der Waals surface area contributed by atoms with E-state index in [9.17, 15) is 0 Å². The Hall–Kier alpha value is 1.33. The molecule has 0 spiro atoms. The van der Waals surface area contributed by atoms with Crippen LogP contribution in [0.1, 0.15) is 53.4 Å². The third kappa shape index (κ3) is 199. The Morgan fingerprint density at radius 3 is 1.32 bits per heavy atom. The molecule has 0 aliphatic rings. The first-order valence-electron chi connectivity index (χ1n) is 7.05. The van der Waals surface area contributed by atoms with Crippen molar-refractivity contribution in [2.45, 2.75) is 53.4 Å². The van der Waals surface area contributed by atoms with Gasteiger partial charge < -0.3 is 40.8 Å². The summed E-state index contributed by atoms with van der Waals surface area (Å²) in [6, 6.07) is 0. The van der Waals surface area contributed by atoms with Gasteiger partial charge in [0.05, 0.1) is 0 Å². The molecule has 0 aromatic heterocycles. The van der Waals surface area contributed by atoms with Crippen molar-refractivity contribution in [3.05, 3.63) is 0 Å². The van der Waals surface area contributed by atoms with Gasteiger partial charge in [0.2, 0.25) is 0 Å². The molecule has 8 nitrogen and oxygen atoms in total. The average molecular weight is 390 g/mol. The number of unbranched alkanes of at least 4 members (excludes halogenated alkanes) is 3. The second-order valence-corrected chi connectivity index (χ2v) is 4.07. The van der Waals surface area contributed by atoms with Gasteiger partial charge in [0, 0.05) is 31.0 Å². The minimum Gasteiger partial charge on any atom is -0.550 e. The summed E-state index contributed by atoms with van der Waals surface area (Å²) in [7, 11) is 0. The van der Waals surface area contributed by atoms with Crippen molar-refractivity contribution in [3.63, 3.8) is 0 Å². The summed E-state index contributed by atoms with van der Waals surface area (Å²) in [5.74, 6) is -3.25. The van der Waals surface area contributed by atoms with Crippen molar-refractivity contribution in [2.24, 2.45) is 5.73 Å². The van der Waals surface area contributed by atoms with Gasteiger partial charge in [-0.3, -0.25) is 0 Å². The van der Waals surface area contributed by atoms with Gasteiger partial charge in [-0.1, -0.05) is 26.2 Å². The molecule has 0 rings (SSSR count). The van der Waals surface area contributed by atoms with Crippen LogP contribution >= 0.6 is 0 Å². The summed E-state index contributed by atoms with van der Waals surface area (Å²) in [4.78, 5) is 26.7. The molecule has 0 aromatic carbocycles. The Balaban J connectivity index is -0.0000000370. The predicted octanol–water partition coefficient (Wildman–Crippen LogP) is -11.6. The molecule has 0 saturated heterocycles. The molecular weight excluding hydrogens is 361 g/mol. The molecule has 0 atom stereocenters. The van der Waals surface area contributed by atoms with Gasteiger partial charge in [0.25, 0.3) is 0 Å². The van der Waals surface area contributed by atoms with Crippen molar-refractivity contribution in [1.29, 1.82) is 0 Å². The number of nitrogens with two attached hydrogens (primary N) is 1. The minimum absolute atomic E-state index is 0. The zero-order valence-electron chi connectivity index (χ0n) is 17.0. The molecule has 0 radical (unpaired) electrons. The molecule has 0 fully saturated rings. The van der Waals surface area contributed by atoms with Gasteiger partial charge >= 0.3 is 88.7 Å². The molecule has 0 bridgehead atoms. The predicted molar refractivity (Wildman–Crippen MR) is 78.1 cm³/mol. The molecular formula is C14H29N2Na3O6. The summed E-state index contributed by atoms with van der Waals surface area (Å²) in [6.45, 7) is 8.00. The SMILES string of the molecule is CC(=O)[O-].CC(=O)[O-].CC(=O)[O-].CCCCCCNCCN.[Na+].[Na+].[Na+]. The van der Waals surface area contributed by atoms with E-state index in [-0.39, 0.29) is 88.7 Å². The number of hydrogen-bond donors (Lipinski definition) is 2. The summed E-state index contributed by atoms with van der Waals surface area (Å²) >= 11 is 0. The van der Waals surface area contributed by atoms with E-state index >= 15 is 0 Å². The van der Waals surface area contributed by atoms with Crippen molar-refractivity contribution in [2.75, 3.05) is 19.6 Å². The van der Waals surface area contributed by atoms with E-state index in [2.05, 4.69) is 12.2 Å². The number of rotatable bonds is 7. The second kappa shape index (κ2) is 44.6. The topological polar surface area (TPSA) is 158 Å². The molecule has 0 unspecified atom stereocenters. The maximum absolute atomic E-state index is 8.89. The molecule has 25 heavy (non-hydrogen) atoms. The van der Waals surface area contributed by atoms with E-state index < -0.39 is 17.9 Å². The summed E-state index contributed by atoms with van der Waals surface area (Å²) in [5, 5.41) is 29.9. The zero-order valence-corrected chi connectivity index (χ0v) is 23.0. The molecule has 0 saturated carbocycles. The van der Waals surface area contributed by atoms with Gasteiger partial charge in [0.1, 0.15) is 0 Å². The van der Waals surface area contributed by atoms with Crippen LogP contribution in [0.15, 0.2) is 0 Å². The van der Waals surface area contributed by atoms with Crippen LogP contribution < -0.4 is 115 Å². The fourth-order valence-corrected chi connectivity index (χ4v) is 0.904. The van der Waals surface area contributed by atoms with Crippen LogP contribution in [0.4, 0.5) is 0 Å². The van der Waals surface area contributed by atoms with E-state index in [1.165, 1.54) is 25.7 Å². The Morgan fingerprint density at radius 2 is 1.08 bits per heavy atom. The van der Waals surface area contributed by atoms with E-state index in [0.717, 1.165) is 40.4 Å². The number of carbonyl (C=O) groups excluding carboxylic acids is 3. The van der Waals surface area contributed by atoms with Gasteiger partial charge in [-0.05, 0) is 33.7 Å². The van der Waals surface area contributed by atoms with Crippen LogP contribution in [-0.2, 0) is 14.4 Å². The van der Waals surface area contributed by atoms with E-state index in [0.29, 0.717) is 0 Å². The molecule has 0 amide bonds. The van der Waals surface area contributed by atoms with Crippen molar-refractivity contribution in [3.8, 4) is 0 Å². The Bertz CT molecular complexity index is 224. The van der Waals surface area contributed by atoms with Gasteiger partial charge in [-0.15, -0.1) is 0 Å². The Labute approximate surface area is 217 Å². The van der Waals surface area contributed by atoms with E-state index in [4.69, 9.17) is 35.4 Å². The summed E-state index contributed by atoms with van der Waals surface area (Å²) in [6.07, 6.45) is 5.34. The standard InChI is InChI=1S/C8H20N2.3C2H4O2.3Na/c1-2-3-4-5-7-10-8-6-9;3*1-2(3)4;;;/h10H,2-9H2,1H3;3*1H3,(H,3,4);;;/q;;;;3*+1/p-3. The van der Waals surface area contributed by atoms with Gasteiger partial charge in [-0.2, -0.15) is 0 Å². The molecule has 11 heteroatoms. The monoisotopic (exact) mass is 390 g/mol. The first kappa shape index (κ1) is 45.2. The Kier molecular flexibility index (Phi) is 80.7. The first-order chi connectivity index (χ1) is 10.1. The fraction of sp³-hybridized carbons (Fsp3) is 0.786. The zero-order chi connectivity index (χ0) is 18.4. The fourth-order valence-electron chi connectivity index (χ4n) is 0.904. The van der Waals surface area contributed by atoms with E-state index in [1.54, 1.807) is 0 Å². The second-order valence-electron chi connectivity index (χ2n) is 4.07. The van der Waals surface area contributed by atoms with Crippen LogP contribution in [0.5, 0.6) is 0 Å². The number of carboxylic acid groups (broad SMARTS) is 3. The van der Waals surface area contributed by atoms with Crippen LogP contribution in [0.2, 0.25) is 0 Å². The third-order valence-electron chi connectivity index (χ3n) is 1.53. The van der Waals surface area contributed by atoms with Crippen molar-refractivity contribution in [1.82, 2.24) is 5.32 Å². The number of carboxylic acids is 3. The summed E-state index contributed by atoms with van der Waals surface area (Å²) in [5.41, 5.74) is 5.31. The third-order valence-corrected chi connectivity index (χ3v) is 1.53. The minimum atomic E-state index is -1.08. The van der Waals surface area contributed by atoms with Gasteiger partial charge in [-0.25, -0.2) is 0 Å². The number of carbonyl (C=O) groups is 3. The maximum Gasteiger partial charge on any atom is 1.00 e. The van der Waals surface area contributed by atoms with Crippen molar-refractivity contribution >= 4 is 17.9 Å². The van der Waals surface area contributed by atoms with Gasteiger partial charge in [0.15, 0.2) is 0 Å².